The summed E-state index contributed by atoms with van der Waals surface area (Å²) in [7, 11) is 0. The molecule has 15 heavy (non-hydrogen) atoms. The molecule has 1 rings (SSSR count). The standard InChI is InChI=1S/C12H27N3/c1-4-11(3)12(10-13)15-8-6-14(5-2)7-9-15/h11-12H,4-10,13H2,1-3H3. The molecular weight excluding hydrogens is 186 g/mol. The Balaban J connectivity index is 2.42. The second-order valence-electron chi connectivity index (χ2n) is 4.66. The first-order valence-corrected chi connectivity index (χ1v) is 6.39. The van der Waals surface area contributed by atoms with Gasteiger partial charge >= 0.3 is 0 Å². The predicted molar refractivity (Wildman–Crippen MR) is 66.0 cm³/mol. The minimum atomic E-state index is 0.592. The summed E-state index contributed by atoms with van der Waals surface area (Å²) in [6, 6.07) is 0.592. The normalized spacial score (nSPS) is 24.0. The lowest BCUT2D eigenvalue weighted by molar-refractivity contribution is 0.0779. The lowest BCUT2D eigenvalue weighted by Gasteiger charge is -2.40. The molecule has 3 nitrogen and oxygen atoms in total. The molecule has 1 saturated heterocycles. The van der Waals surface area contributed by atoms with Gasteiger partial charge in [-0.3, -0.25) is 4.90 Å². The van der Waals surface area contributed by atoms with Crippen molar-refractivity contribution in [3.63, 3.8) is 0 Å². The van der Waals surface area contributed by atoms with Crippen LogP contribution in [0.2, 0.25) is 0 Å². The molecule has 2 unspecified atom stereocenters. The van der Waals surface area contributed by atoms with Gasteiger partial charge in [-0.05, 0) is 12.5 Å². The second kappa shape index (κ2) is 6.46. The molecule has 1 fully saturated rings. The maximum atomic E-state index is 5.89. The van der Waals surface area contributed by atoms with E-state index in [1.165, 1.54) is 39.1 Å². The zero-order valence-electron chi connectivity index (χ0n) is 10.6. The predicted octanol–water partition coefficient (Wildman–Crippen LogP) is 0.997. The summed E-state index contributed by atoms with van der Waals surface area (Å²) in [6.07, 6.45) is 1.23. The van der Waals surface area contributed by atoms with Crippen LogP contribution in [0.15, 0.2) is 0 Å². The minimum Gasteiger partial charge on any atom is -0.329 e. The van der Waals surface area contributed by atoms with Gasteiger partial charge in [0.15, 0.2) is 0 Å². The summed E-state index contributed by atoms with van der Waals surface area (Å²) < 4.78 is 0. The first kappa shape index (κ1) is 12.9. The van der Waals surface area contributed by atoms with Crippen molar-refractivity contribution in [3.05, 3.63) is 0 Å². The molecule has 0 saturated carbocycles. The summed E-state index contributed by atoms with van der Waals surface area (Å²) in [6.45, 7) is 13.6. The van der Waals surface area contributed by atoms with Gasteiger partial charge in [0.25, 0.3) is 0 Å². The lowest BCUT2D eigenvalue weighted by atomic mass is 9.97. The third-order valence-corrected chi connectivity index (χ3v) is 3.87. The third kappa shape index (κ3) is 3.44. The van der Waals surface area contributed by atoms with E-state index in [1.807, 2.05) is 0 Å². The molecule has 0 bridgehead atoms. The fraction of sp³-hybridized carbons (Fsp3) is 1.00. The van der Waals surface area contributed by atoms with E-state index < -0.39 is 0 Å². The van der Waals surface area contributed by atoms with Gasteiger partial charge in [0.2, 0.25) is 0 Å². The number of rotatable bonds is 5. The van der Waals surface area contributed by atoms with Gasteiger partial charge in [0.1, 0.15) is 0 Å². The van der Waals surface area contributed by atoms with Crippen molar-refractivity contribution in [1.82, 2.24) is 9.80 Å². The van der Waals surface area contributed by atoms with E-state index in [9.17, 15) is 0 Å². The quantitative estimate of drug-likeness (QED) is 0.739. The molecule has 0 aromatic carbocycles. The van der Waals surface area contributed by atoms with Crippen LogP contribution in [0.25, 0.3) is 0 Å². The summed E-state index contributed by atoms with van der Waals surface area (Å²) in [5.41, 5.74) is 5.89. The van der Waals surface area contributed by atoms with E-state index in [1.54, 1.807) is 0 Å². The number of nitrogens with two attached hydrogens (primary N) is 1. The van der Waals surface area contributed by atoms with E-state index in [0.717, 1.165) is 12.5 Å². The Kier molecular flexibility index (Phi) is 5.58. The van der Waals surface area contributed by atoms with Crippen LogP contribution in [0.1, 0.15) is 27.2 Å². The van der Waals surface area contributed by atoms with E-state index in [0.29, 0.717) is 6.04 Å². The van der Waals surface area contributed by atoms with Gasteiger partial charge in [-0.25, -0.2) is 0 Å². The van der Waals surface area contributed by atoms with E-state index >= 15 is 0 Å². The molecule has 3 heteroatoms. The van der Waals surface area contributed by atoms with Crippen LogP contribution in [-0.2, 0) is 0 Å². The zero-order chi connectivity index (χ0) is 11.3. The third-order valence-electron chi connectivity index (χ3n) is 3.87. The van der Waals surface area contributed by atoms with Crippen LogP contribution in [-0.4, -0.2) is 55.1 Å². The molecule has 0 aromatic rings. The molecule has 1 heterocycles. The van der Waals surface area contributed by atoms with Gasteiger partial charge < -0.3 is 10.6 Å². The molecule has 1 aliphatic rings. The first-order chi connectivity index (χ1) is 7.22. The fourth-order valence-corrected chi connectivity index (χ4v) is 2.42. The first-order valence-electron chi connectivity index (χ1n) is 6.39. The molecule has 0 amide bonds. The Hall–Kier alpha value is -0.120. The van der Waals surface area contributed by atoms with Gasteiger partial charge in [0.05, 0.1) is 0 Å². The largest absolute Gasteiger partial charge is 0.329 e. The molecule has 90 valence electrons. The lowest BCUT2D eigenvalue weighted by Crippen LogP contribution is -2.54. The Labute approximate surface area is 94.6 Å². The number of piperazine rings is 1. The number of nitrogens with zero attached hydrogens (tertiary/aromatic N) is 2. The Morgan fingerprint density at radius 2 is 1.73 bits per heavy atom. The summed E-state index contributed by atoms with van der Waals surface area (Å²) >= 11 is 0. The fourth-order valence-electron chi connectivity index (χ4n) is 2.42. The average Bonchev–Trinajstić information content (AvgIpc) is 2.30. The van der Waals surface area contributed by atoms with Crippen LogP contribution in [0.3, 0.4) is 0 Å². The van der Waals surface area contributed by atoms with Gasteiger partial charge in [-0.2, -0.15) is 0 Å². The van der Waals surface area contributed by atoms with Crippen LogP contribution < -0.4 is 5.73 Å². The molecule has 2 N–H and O–H groups in total. The summed E-state index contributed by atoms with van der Waals surface area (Å²) in [5, 5.41) is 0. The van der Waals surface area contributed by atoms with Crippen molar-refractivity contribution in [2.75, 3.05) is 39.3 Å². The molecule has 0 spiro atoms. The van der Waals surface area contributed by atoms with Crippen molar-refractivity contribution in [3.8, 4) is 0 Å². The highest BCUT2D eigenvalue weighted by atomic mass is 15.3. The number of hydrogen-bond donors (Lipinski definition) is 1. The topological polar surface area (TPSA) is 32.5 Å². The van der Waals surface area contributed by atoms with Crippen molar-refractivity contribution in [2.24, 2.45) is 11.7 Å². The molecule has 0 radical (unpaired) electrons. The van der Waals surface area contributed by atoms with Gasteiger partial charge in [-0.15, -0.1) is 0 Å². The van der Waals surface area contributed by atoms with Crippen LogP contribution in [0.4, 0.5) is 0 Å². The minimum absolute atomic E-state index is 0.592. The van der Waals surface area contributed by atoms with Gasteiger partial charge in [-0.1, -0.05) is 27.2 Å². The van der Waals surface area contributed by atoms with Crippen LogP contribution in [0.5, 0.6) is 0 Å². The molecule has 2 atom stereocenters. The summed E-state index contributed by atoms with van der Waals surface area (Å²) in [5.74, 6) is 0.725. The average molecular weight is 213 g/mol. The monoisotopic (exact) mass is 213 g/mol. The number of likely N-dealkylation sites (N-methyl/N-ethyl adjacent to an activating group) is 1. The van der Waals surface area contributed by atoms with Crippen molar-refractivity contribution in [2.45, 2.75) is 33.2 Å². The molecular formula is C12H27N3. The maximum absolute atomic E-state index is 5.89. The molecule has 0 aliphatic carbocycles. The molecule has 1 aliphatic heterocycles. The Morgan fingerprint density at radius 3 is 2.13 bits per heavy atom. The highest BCUT2D eigenvalue weighted by Gasteiger charge is 2.25. The SMILES string of the molecule is CCC(C)C(CN)N1CCN(CC)CC1. The summed E-state index contributed by atoms with van der Waals surface area (Å²) in [4.78, 5) is 5.10. The van der Waals surface area contributed by atoms with Gasteiger partial charge in [0, 0.05) is 38.8 Å². The number of hydrogen-bond acceptors (Lipinski definition) is 3. The Morgan fingerprint density at radius 1 is 1.13 bits per heavy atom. The van der Waals surface area contributed by atoms with Crippen molar-refractivity contribution < 1.29 is 0 Å². The zero-order valence-corrected chi connectivity index (χ0v) is 10.6. The van der Waals surface area contributed by atoms with Crippen LogP contribution >= 0.6 is 0 Å². The van der Waals surface area contributed by atoms with Crippen molar-refractivity contribution in [1.29, 1.82) is 0 Å². The Bertz CT molecular complexity index is 164. The van der Waals surface area contributed by atoms with Crippen LogP contribution in [0, 0.1) is 5.92 Å². The van der Waals surface area contributed by atoms with E-state index in [-0.39, 0.29) is 0 Å². The smallest absolute Gasteiger partial charge is 0.0244 e. The second-order valence-corrected chi connectivity index (χ2v) is 4.66. The molecule has 0 aromatic heterocycles. The van der Waals surface area contributed by atoms with Crippen molar-refractivity contribution >= 4 is 0 Å². The van der Waals surface area contributed by atoms with E-state index in [4.69, 9.17) is 5.73 Å². The maximum Gasteiger partial charge on any atom is 0.0244 e. The van der Waals surface area contributed by atoms with E-state index in [2.05, 4.69) is 30.6 Å². The highest BCUT2D eigenvalue weighted by molar-refractivity contribution is 4.81. The highest BCUT2D eigenvalue weighted by Crippen LogP contribution is 2.15.